The van der Waals surface area contributed by atoms with E-state index in [1.807, 2.05) is 37.2 Å². The highest BCUT2D eigenvalue weighted by Crippen LogP contribution is 2.28. The van der Waals surface area contributed by atoms with Crippen molar-refractivity contribution in [1.82, 2.24) is 4.90 Å². The van der Waals surface area contributed by atoms with Gasteiger partial charge in [0.1, 0.15) is 12.0 Å². The van der Waals surface area contributed by atoms with E-state index in [0.29, 0.717) is 0 Å². The van der Waals surface area contributed by atoms with Crippen LogP contribution >= 0.6 is 0 Å². The lowest BCUT2D eigenvalue weighted by atomic mass is 10.0. The van der Waals surface area contributed by atoms with E-state index in [2.05, 4.69) is 6.92 Å². The fourth-order valence-electron chi connectivity index (χ4n) is 1.71. The Balaban J connectivity index is 3.21. The molecule has 0 fully saturated rings. The van der Waals surface area contributed by atoms with Gasteiger partial charge >= 0.3 is 0 Å². The second-order valence-electron chi connectivity index (χ2n) is 3.97. The van der Waals surface area contributed by atoms with E-state index in [1.54, 1.807) is 7.11 Å². The number of nitrogens with zero attached hydrogens (tertiary/aromatic N) is 1. The highest BCUT2D eigenvalue weighted by Gasteiger charge is 2.17. The van der Waals surface area contributed by atoms with Crippen LogP contribution in [0.2, 0.25) is 0 Å². The predicted octanol–water partition coefficient (Wildman–Crippen LogP) is 2.06. The molecule has 1 unspecified atom stereocenters. The SMILES string of the molecule is CCc1ccc(OC)c(C(C=O)N(C)C)c1. The first-order valence-corrected chi connectivity index (χ1v) is 5.42. The van der Waals surface area contributed by atoms with E-state index < -0.39 is 0 Å². The van der Waals surface area contributed by atoms with Crippen molar-refractivity contribution >= 4 is 6.29 Å². The lowest BCUT2D eigenvalue weighted by Gasteiger charge is -2.21. The standard InChI is InChI=1S/C13H19NO2/c1-5-10-6-7-13(16-4)11(8-10)12(9-15)14(2)3/h6-9,12H,5H2,1-4H3. The number of likely N-dealkylation sites (N-methyl/N-ethyl adjacent to an activating group) is 1. The Morgan fingerprint density at radius 3 is 2.56 bits per heavy atom. The van der Waals surface area contributed by atoms with Crippen LogP contribution in [0.25, 0.3) is 0 Å². The summed E-state index contributed by atoms with van der Waals surface area (Å²) in [4.78, 5) is 13.0. The van der Waals surface area contributed by atoms with Gasteiger partial charge in [0.05, 0.1) is 13.2 Å². The zero-order valence-electron chi connectivity index (χ0n) is 10.4. The summed E-state index contributed by atoms with van der Waals surface area (Å²) in [5, 5.41) is 0. The van der Waals surface area contributed by atoms with Crippen molar-refractivity contribution in [2.45, 2.75) is 19.4 Å². The van der Waals surface area contributed by atoms with Crippen molar-refractivity contribution in [2.24, 2.45) is 0 Å². The van der Waals surface area contributed by atoms with Crippen molar-refractivity contribution < 1.29 is 9.53 Å². The van der Waals surface area contributed by atoms with Crippen LogP contribution in [0.1, 0.15) is 24.1 Å². The highest BCUT2D eigenvalue weighted by atomic mass is 16.5. The molecule has 0 heterocycles. The Bertz CT molecular complexity index is 361. The summed E-state index contributed by atoms with van der Waals surface area (Å²) >= 11 is 0. The number of methoxy groups -OCH3 is 1. The maximum atomic E-state index is 11.1. The first kappa shape index (κ1) is 12.7. The molecule has 0 aliphatic heterocycles. The molecule has 0 aromatic heterocycles. The lowest BCUT2D eigenvalue weighted by molar-refractivity contribution is -0.111. The minimum absolute atomic E-state index is 0.249. The quantitative estimate of drug-likeness (QED) is 0.713. The van der Waals surface area contributed by atoms with E-state index in [4.69, 9.17) is 4.74 Å². The summed E-state index contributed by atoms with van der Waals surface area (Å²) in [5.74, 6) is 0.767. The largest absolute Gasteiger partial charge is 0.496 e. The molecule has 0 saturated carbocycles. The molecular weight excluding hydrogens is 202 g/mol. The molecule has 1 aromatic carbocycles. The van der Waals surface area contributed by atoms with Gasteiger partial charge in [-0.3, -0.25) is 4.90 Å². The molecule has 0 bridgehead atoms. The van der Waals surface area contributed by atoms with E-state index in [-0.39, 0.29) is 6.04 Å². The van der Waals surface area contributed by atoms with Crippen molar-refractivity contribution in [1.29, 1.82) is 0 Å². The number of carbonyl (C=O) groups is 1. The number of benzene rings is 1. The number of carbonyl (C=O) groups excluding carboxylic acids is 1. The van der Waals surface area contributed by atoms with Crippen LogP contribution in [-0.2, 0) is 11.2 Å². The first-order chi connectivity index (χ1) is 7.63. The predicted molar refractivity (Wildman–Crippen MR) is 64.9 cm³/mol. The van der Waals surface area contributed by atoms with Crippen LogP contribution in [0.3, 0.4) is 0 Å². The average Bonchev–Trinajstić information content (AvgIpc) is 2.29. The van der Waals surface area contributed by atoms with E-state index in [0.717, 1.165) is 24.0 Å². The number of hydrogen-bond acceptors (Lipinski definition) is 3. The third-order valence-electron chi connectivity index (χ3n) is 2.71. The molecule has 88 valence electrons. The van der Waals surface area contributed by atoms with Crippen molar-refractivity contribution in [2.75, 3.05) is 21.2 Å². The minimum atomic E-state index is -0.249. The normalized spacial score (nSPS) is 12.6. The van der Waals surface area contributed by atoms with Crippen molar-refractivity contribution in [3.63, 3.8) is 0 Å². The molecular formula is C13H19NO2. The van der Waals surface area contributed by atoms with Crippen molar-refractivity contribution in [3.8, 4) is 5.75 Å². The van der Waals surface area contributed by atoms with Gasteiger partial charge in [-0.25, -0.2) is 0 Å². The number of aldehydes is 1. The molecule has 0 amide bonds. The van der Waals surface area contributed by atoms with Crippen molar-refractivity contribution in [3.05, 3.63) is 29.3 Å². The fraction of sp³-hybridized carbons (Fsp3) is 0.462. The topological polar surface area (TPSA) is 29.5 Å². The molecule has 0 aliphatic rings. The van der Waals surface area contributed by atoms with Crippen LogP contribution in [0, 0.1) is 0 Å². The van der Waals surface area contributed by atoms with Gasteiger partial charge in [0.2, 0.25) is 0 Å². The molecule has 0 radical (unpaired) electrons. The zero-order chi connectivity index (χ0) is 12.1. The summed E-state index contributed by atoms with van der Waals surface area (Å²) in [6, 6.07) is 5.74. The van der Waals surface area contributed by atoms with Gasteiger partial charge in [0.25, 0.3) is 0 Å². The summed E-state index contributed by atoms with van der Waals surface area (Å²) in [5.41, 5.74) is 2.14. The number of ether oxygens (including phenoxy) is 1. The Hall–Kier alpha value is -1.35. The molecule has 3 heteroatoms. The number of rotatable bonds is 5. The first-order valence-electron chi connectivity index (χ1n) is 5.42. The van der Waals surface area contributed by atoms with Gasteiger partial charge in [-0.05, 0) is 32.1 Å². The maximum absolute atomic E-state index is 11.1. The van der Waals surface area contributed by atoms with E-state index >= 15 is 0 Å². The summed E-state index contributed by atoms with van der Waals surface area (Å²) < 4.78 is 5.29. The Morgan fingerprint density at radius 2 is 2.12 bits per heavy atom. The van der Waals surface area contributed by atoms with E-state index in [9.17, 15) is 4.79 Å². The number of aryl methyl sites for hydroxylation is 1. The molecule has 0 aliphatic carbocycles. The summed E-state index contributed by atoms with van der Waals surface area (Å²) in [6.07, 6.45) is 1.90. The van der Waals surface area contributed by atoms with Crippen LogP contribution in [0.4, 0.5) is 0 Å². The lowest BCUT2D eigenvalue weighted by Crippen LogP contribution is -2.21. The third kappa shape index (κ3) is 2.61. The molecule has 3 nitrogen and oxygen atoms in total. The molecule has 1 aromatic rings. The average molecular weight is 221 g/mol. The van der Waals surface area contributed by atoms with E-state index in [1.165, 1.54) is 5.56 Å². The minimum Gasteiger partial charge on any atom is -0.496 e. The smallest absolute Gasteiger partial charge is 0.141 e. The monoisotopic (exact) mass is 221 g/mol. The van der Waals surface area contributed by atoms with Gasteiger partial charge in [-0.1, -0.05) is 19.1 Å². The molecule has 0 N–H and O–H groups in total. The maximum Gasteiger partial charge on any atom is 0.141 e. The van der Waals surface area contributed by atoms with Crippen LogP contribution < -0.4 is 4.74 Å². The van der Waals surface area contributed by atoms with Gasteiger partial charge in [0, 0.05) is 5.56 Å². The van der Waals surface area contributed by atoms with Gasteiger partial charge in [-0.15, -0.1) is 0 Å². The fourth-order valence-corrected chi connectivity index (χ4v) is 1.71. The van der Waals surface area contributed by atoms with Gasteiger partial charge in [-0.2, -0.15) is 0 Å². The summed E-state index contributed by atoms with van der Waals surface area (Å²) in [6.45, 7) is 2.09. The van der Waals surface area contributed by atoms with Crippen LogP contribution in [0.5, 0.6) is 5.75 Å². The Labute approximate surface area is 97.0 Å². The second-order valence-corrected chi connectivity index (χ2v) is 3.97. The zero-order valence-corrected chi connectivity index (χ0v) is 10.4. The molecule has 0 spiro atoms. The molecule has 1 rings (SSSR count). The second kappa shape index (κ2) is 5.66. The summed E-state index contributed by atoms with van der Waals surface area (Å²) in [7, 11) is 5.40. The molecule has 1 atom stereocenters. The Kier molecular flexibility index (Phi) is 4.50. The van der Waals surface area contributed by atoms with Gasteiger partial charge in [0.15, 0.2) is 0 Å². The third-order valence-corrected chi connectivity index (χ3v) is 2.71. The number of hydrogen-bond donors (Lipinski definition) is 0. The molecule has 0 saturated heterocycles. The van der Waals surface area contributed by atoms with Crippen LogP contribution in [0.15, 0.2) is 18.2 Å². The van der Waals surface area contributed by atoms with Crippen LogP contribution in [-0.4, -0.2) is 32.4 Å². The highest BCUT2D eigenvalue weighted by molar-refractivity contribution is 5.64. The van der Waals surface area contributed by atoms with Gasteiger partial charge < -0.3 is 9.53 Å². The Morgan fingerprint density at radius 1 is 1.44 bits per heavy atom. The molecule has 16 heavy (non-hydrogen) atoms.